The van der Waals surface area contributed by atoms with Crippen molar-refractivity contribution in [3.8, 4) is 11.5 Å². The van der Waals surface area contributed by atoms with Gasteiger partial charge in [0.15, 0.2) is 5.76 Å². The van der Waals surface area contributed by atoms with Gasteiger partial charge in [0.1, 0.15) is 17.3 Å². The van der Waals surface area contributed by atoms with Crippen LogP contribution in [0.15, 0.2) is 40.9 Å². The van der Waals surface area contributed by atoms with Gasteiger partial charge in [-0.15, -0.1) is 0 Å². The molecule has 0 spiro atoms. The van der Waals surface area contributed by atoms with Crippen molar-refractivity contribution in [2.24, 2.45) is 0 Å². The molecule has 5 heteroatoms. The average Bonchev–Trinajstić information content (AvgIpc) is 3.03. The van der Waals surface area contributed by atoms with E-state index in [4.69, 9.17) is 4.42 Å². The first-order valence-corrected chi connectivity index (χ1v) is 6.72. The highest BCUT2D eigenvalue weighted by Gasteiger charge is 2.11. The minimum absolute atomic E-state index is 0.244. The number of anilines is 1. The molecule has 0 amide bonds. The Morgan fingerprint density at radius 3 is 2.81 bits per heavy atom. The Bertz CT molecular complexity index is 740. The maximum atomic E-state index is 13.4. The summed E-state index contributed by atoms with van der Waals surface area (Å²) in [6.07, 6.45) is 1.74. The van der Waals surface area contributed by atoms with Crippen molar-refractivity contribution >= 4 is 5.69 Å². The Morgan fingerprint density at radius 1 is 1.24 bits per heavy atom. The lowest BCUT2D eigenvalue weighted by Crippen LogP contribution is -2.00. The van der Waals surface area contributed by atoms with Crippen LogP contribution in [-0.2, 0) is 6.54 Å². The van der Waals surface area contributed by atoms with Gasteiger partial charge >= 0.3 is 0 Å². The molecule has 0 aliphatic heterocycles. The van der Waals surface area contributed by atoms with Crippen LogP contribution in [0.5, 0.6) is 0 Å². The molecule has 2 aromatic heterocycles. The number of nitrogens with one attached hydrogen (secondary N) is 2. The number of furan rings is 1. The Morgan fingerprint density at radius 2 is 2.10 bits per heavy atom. The number of nitrogens with zero attached hydrogens (tertiary/aromatic N) is 1. The van der Waals surface area contributed by atoms with Gasteiger partial charge in [-0.05, 0) is 49.7 Å². The lowest BCUT2D eigenvalue weighted by Gasteiger charge is -2.07. The van der Waals surface area contributed by atoms with E-state index in [0.717, 1.165) is 34.0 Å². The summed E-state index contributed by atoms with van der Waals surface area (Å²) in [4.78, 5) is 0. The smallest absolute Gasteiger partial charge is 0.152 e. The van der Waals surface area contributed by atoms with Crippen LogP contribution in [0.4, 0.5) is 10.1 Å². The topological polar surface area (TPSA) is 53.9 Å². The number of hydrogen-bond acceptors (Lipinski definition) is 3. The van der Waals surface area contributed by atoms with E-state index in [1.165, 1.54) is 12.1 Å². The van der Waals surface area contributed by atoms with E-state index in [9.17, 15) is 4.39 Å². The normalized spacial score (nSPS) is 10.8. The molecule has 0 unspecified atom stereocenters. The third-order valence-electron chi connectivity index (χ3n) is 3.23. The standard InChI is InChI=1S/C16H16FN3O/c1-10-5-13(17)7-14(6-10)18-8-12-9-19-20-16(12)15-4-3-11(2)21-15/h3-7,9,18H,8H2,1-2H3,(H,19,20). The summed E-state index contributed by atoms with van der Waals surface area (Å²) in [5, 5.41) is 10.2. The van der Waals surface area contributed by atoms with Crippen molar-refractivity contribution < 1.29 is 8.81 Å². The Kier molecular flexibility index (Phi) is 3.48. The molecule has 0 saturated heterocycles. The minimum atomic E-state index is -0.244. The van der Waals surface area contributed by atoms with Gasteiger partial charge in [0, 0.05) is 17.8 Å². The average molecular weight is 285 g/mol. The van der Waals surface area contributed by atoms with Gasteiger partial charge < -0.3 is 9.73 Å². The zero-order chi connectivity index (χ0) is 14.8. The molecule has 4 nitrogen and oxygen atoms in total. The molecule has 0 aliphatic carbocycles. The first-order chi connectivity index (χ1) is 10.1. The monoisotopic (exact) mass is 285 g/mol. The van der Waals surface area contributed by atoms with Crippen LogP contribution >= 0.6 is 0 Å². The highest BCUT2D eigenvalue weighted by Crippen LogP contribution is 2.24. The highest BCUT2D eigenvalue weighted by atomic mass is 19.1. The van der Waals surface area contributed by atoms with E-state index in [-0.39, 0.29) is 5.82 Å². The SMILES string of the molecule is Cc1cc(F)cc(NCc2cn[nH]c2-c2ccc(C)o2)c1. The third-order valence-corrected chi connectivity index (χ3v) is 3.23. The summed E-state index contributed by atoms with van der Waals surface area (Å²) in [5.74, 6) is 1.35. The van der Waals surface area contributed by atoms with Gasteiger partial charge in [0.2, 0.25) is 0 Å². The second kappa shape index (κ2) is 5.44. The van der Waals surface area contributed by atoms with Crippen molar-refractivity contribution in [2.75, 3.05) is 5.32 Å². The van der Waals surface area contributed by atoms with Crippen molar-refractivity contribution in [2.45, 2.75) is 20.4 Å². The van der Waals surface area contributed by atoms with Crippen LogP contribution in [0.1, 0.15) is 16.9 Å². The Labute approximate surface area is 122 Å². The molecule has 0 fully saturated rings. The molecule has 2 N–H and O–H groups in total. The number of benzene rings is 1. The van der Waals surface area contributed by atoms with Crippen LogP contribution < -0.4 is 5.32 Å². The van der Waals surface area contributed by atoms with Crippen molar-refractivity contribution in [1.29, 1.82) is 0 Å². The molecule has 0 radical (unpaired) electrons. The van der Waals surface area contributed by atoms with E-state index in [1.54, 1.807) is 6.20 Å². The fraction of sp³-hybridized carbons (Fsp3) is 0.188. The van der Waals surface area contributed by atoms with Crippen molar-refractivity contribution in [3.05, 3.63) is 59.2 Å². The number of hydrogen-bond donors (Lipinski definition) is 2. The van der Waals surface area contributed by atoms with Crippen LogP contribution in [0, 0.1) is 19.7 Å². The lowest BCUT2D eigenvalue weighted by atomic mass is 10.2. The molecule has 2 heterocycles. The van der Waals surface area contributed by atoms with Crippen LogP contribution in [0.3, 0.4) is 0 Å². The maximum absolute atomic E-state index is 13.4. The summed E-state index contributed by atoms with van der Waals surface area (Å²) in [6.45, 7) is 4.30. The molecule has 0 bridgehead atoms. The molecule has 21 heavy (non-hydrogen) atoms. The van der Waals surface area contributed by atoms with Gasteiger partial charge in [-0.3, -0.25) is 5.10 Å². The molecule has 0 saturated carbocycles. The molecule has 108 valence electrons. The fourth-order valence-corrected chi connectivity index (χ4v) is 2.26. The predicted octanol–water partition coefficient (Wildman–Crippen LogP) is 4.04. The number of aromatic nitrogens is 2. The Balaban J connectivity index is 1.78. The summed E-state index contributed by atoms with van der Waals surface area (Å²) in [5.41, 5.74) is 3.43. The van der Waals surface area contributed by atoms with Crippen molar-refractivity contribution in [3.63, 3.8) is 0 Å². The summed E-state index contributed by atoms with van der Waals surface area (Å²) >= 11 is 0. The Hall–Kier alpha value is -2.56. The highest BCUT2D eigenvalue weighted by molar-refractivity contribution is 5.58. The molecular weight excluding hydrogens is 269 g/mol. The van der Waals surface area contributed by atoms with Crippen LogP contribution in [-0.4, -0.2) is 10.2 Å². The van der Waals surface area contributed by atoms with E-state index in [0.29, 0.717) is 6.54 Å². The molecule has 0 atom stereocenters. The number of H-pyrrole nitrogens is 1. The zero-order valence-electron chi connectivity index (χ0n) is 11.9. The predicted molar refractivity (Wildman–Crippen MR) is 79.5 cm³/mol. The minimum Gasteiger partial charge on any atom is -0.460 e. The largest absolute Gasteiger partial charge is 0.460 e. The number of halogens is 1. The number of aryl methyl sites for hydroxylation is 2. The summed E-state index contributed by atoms with van der Waals surface area (Å²) < 4.78 is 19.0. The van der Waals surface area contributed by atoms with E-state index in [1.807, 2.05) is 32.0 Å². The van der Waals surface area contributed by atoms with E-state index < -0.39 is 0 Å². The maximum Gasteiger partial charge on any atom is 0.152 e. The van der Waals surface area contributed by atoms with E-state index in [2.05, 4.69) is 15.5 Å². The number of aromatic amines is 1. The summed E-state index contributed by atoms with van der Waals surface area (Å²) in [6, 6.07) is 8.69. The van der Waals surface area contributed by atoms with Gasteiger partial charge in [-0.25, -0.2) is 4.39 Å². The fourth-order valence-electron chi connectivity index (χ4n) is 2.26. The third kappa shape index (κ3) is 2.97. The molecule has 3 rings (SSSR count). The van der Waals surface area contributed by atoms with Gasteiger partial charge in [-0.2, -0.15) is 5.10 Å². The van der Waals surface area contributed by atoms with Gasteiger partial charge in [0.05, 0.1) is 6.20 Å². The summed E-state index contributed by atoms with van der Waals surface area (Å²) in [7, 11) is 0. The van der Waals surface area contributed by atoms with E-state index >= 15 is 0 Å². The second-order valence-corrected chi connectivity index (χ2v) is 5.05. The lowest BCUT2D eigenvalue weighted by molar-refractivity contribution is 0.545. The van der Waals surface area contributed by atoms with Crippen LogP contribution in [0.2, 0.25) is 0 Å². The van der Waals surface area contributed by atoms with Gasteiger partial charge in [-0.1, -0.05) is 0 Å². The molecular formula is C16H16FN3O. The molecule has 1 aromatic carbocycles. The first-order valence-electron chi connectivity index (χ1n) is 6.72. The first kappa shape index (κ1) is 13.4. The second-order valence-electron chi connectivity index (χ2n) is 5.05. The van der Waals surface area contributed by atoms with Crippen molar-refractivity contribution in [1.82, 2.24) is 10.2 Å². The quantitative estimate of drug-likeness (QED) is 0.760. The molecule has 3 aromatic rings. The van der Waals surface area contributed by atoms with Crippen LogP contribution in [0.25, 0.3) is 11.5 Å². The number of rotatable bonds is 4. The van der Waals surface area contributed by atoms with Gasteiger partial charge in [0.25, 0.3) is 0 Å². The molecule has 0 aliphatic rings. The zero-order valence-corrected chi connectivity index (χ0v) is 11.9.